The van der Waals surface area contributed by atoms with Gasteiger partial charge in [-0.05, 0) is 51.4 Å². The third-order valence-corrected chi connectivity index (χ3v) is 6.17. The fraction of sp³-hybridized carbons (Fsp3) is 0.800. The molecule has 1 aromatic rings. The SMILES string of the molecule is CC(N)(c1nc2c(s1)CCCC2)C1CCCCC1. The molecule has 3 rings (SSSR count). The summed E-state index contributed by atoms with van der Waals surface area (Å²) >= 11 is 1.90. The maximum atomic E-state index is 6.67. The largest absolute Gasteiger partial charge is 0.319 e. The van der Waals surface area contributed by atoms with Gasteiger partial charge in [-0.25, -0.2) is 4.98 Å². The van der Waals surface area contributed by atoms with Crippen molar-refractivity contribution in [2.75, 3.05) is 0 Å². The maximum Gasteiger partial charge on any atom is 0.113 e. The molecule has 2 N–H and O–H groups in total. The summed E-state index contributed by atoms with van der Waals surface area (Å²) in [7, 11) is 0. The molecule has 1 atom stereocenters. The van der Waals surface area contributed by atoms with Gasteiger partial charge in [0.15, 0.2) is 0 Å². The first-order valence-electron chi connectivity index (χ1n) is 7.46. The van der Waals surface area contributed by atoms with Crippen molar-refractivity contribution in [3.63, 3.8) is 0 Å². The normalized spacial score (nSPS) is 24.6. The van der Waals surface area contributed by atoms with E-state index in [2.05, 4.69) is 6.92 Å². The van der Waals surface area contributed by atoms with Crippen LogP contribution in [-0.4, -0.2) is 4.98 Å². The predicted molar refractivity (Wildman–Crippen MR) is 76.9 cm³/mol. The zero-order chi connectivity index (χ0) is 12.6. The molecule has 0 aromatic carbocycles. The molecule has 0 bridgehead atoms. The summed E-state index contributed by atoms with van der Waals surface area (Å²) in [6, 6.07) is 0. The smallest absolute Gasteiger partial charge is 0.113 e. The van der Waals surface area contributed by atoms with Crippen molar-refractivity contribution in [3.05, 3.63) is 15.6 Å². The van der Waals surface area contributed by atoms with Gasteiger partial charge in [0, 0.05) is 4.88 Å². The quantitative estimate of drug-likeness (QED) is 0.883. The Morgan fingerprint density at radius 1 is 1.11 bits per heavy atom. The van der Waals surface area contributed by atoms with Gasteiger partial charge in [0.25, 0.3) is 0 Å². The van der Waals surface area contributed by atoms with Gasteiger partial charge < -0.3 is 5.73 Å². The fourth-order valence-electron chi connectivity index (χ4n) is 3.46. The number of aromatic nitrogens is 1. The van der Waals surface area contributed by atoms with Crippen LogP contribution in [0.5, 0.6) is 0 Å². The van der Waals surface area contributed by atoms with E-state index < -0.39 is 0 Å². The summed E-state index contributed by atoms with van der Waals surface area (Å²) in [6.07, 6.45) is 11.7. The Kier molecular flexibility index (Phi) is 3.46. The van der Waals surface area contributed by atoms with E-state index in [0.29, 0.717) is 5.92 Å². The first-order chi connectivity index (χ1) is 8.68. The molecule has 0 amide bonds. The van der Waals surface area contributed by atoms with Crippen LogP contribution in [0.4, 0.5) is 0 Å². The Morgan fingerprint density at radius 2 is 1.83 bits per heavy atom. The lowest BCUT2D eigenvalue weighted by atomic mass is 9.76. The van der Waals surface area contributed by atoms with Gasteiger partial charge in [-0.1, -0.05) is 19.3 Å². The lowest BCUT2D eigenvalue weighted by Gasteiger charge is -2.35. The molecule has 100 valence electrons. The van der Waals surface area contributed by atoms with Crippen LogP contribution in [0.2, 0.25) is 0 Å². The van der Waals surface area contributed by atoms with Crippen LogP contribution in [0, 0.1) is 5.92 Å². The Labute approximate surface area is 114 Å². The second-order valence-corrected chi connectivity index (χ2v) is 7.30. The van der Waals surface area contributed by atoms with Gasteiger partial charge in [-0.15, -0.1) is 11.3 Å². The highest BCUT2D eigenvalue weighted by atomic mass is 32.1. The van der Waals surface area contributed by atoms with E-state index in [-0.39, 0.29) is 5.54 Å². The van der Waals surface area contributed by atoms with Crippen LogP contribution in [0.1, 0.15) is 67.4 Å². The van der Waals surface area contributed by atoms with Gasteiger partial charge in [0.05, 0.1) is 11.2 Å². The summed E-state index contributed by atoms with van der Waals surface area (Å²) in [5, 5.41) is 1.21. The topological polar surface area (TPSA) is 38.9 Å². The molecule has 1 aromatic heterocycles. The third-order valence-electron chi connectivity index (χ3n) is 4.76. The highest BCUT2D eigenvalue weighted by molar-refractivity contribution is 7.11. The molecule has 3 heteroatoms. The molecular weight excluding hydrogens is 240 g/mol. The Morgan fingerprint density at radius 3 is 2.56 bits per heavy atom. The van der Waals surface area contributed by atoms with Crippen molar-refractivity contribution in [3.8, 4) is 0 Å². The molecule has 0 saturated heterocycles. The summed E-state index contributed by atoms with van der Waals surface area (Å²) in [5.74, 6) is 0.638. The maximum absolute atomic E-state index is 6.67. The first kappa shape index (κ1) is 12.6. The lowest BCUT2D eigenvalue weighted by molar-refractivity contribution is 0.223. The molecule has 1 saturated carbocycles. The average Bonchev–Trinajstić information content (AvgIpc) is 2.84. The molecular formula is C15H24N2S. The molecule has 2 nitrogen and oxygen atoms in total. The van der Waals surface area contributed by atoms with Crippen LogP contribution in [-0.2, 0) is 18.4 Å². The van der Waals surface area contributed by atoms with Gasteiger partial charge in [-0.2, -0.15) is 0 Å². The number of hydrogen-bond donors (Lipinski definition) is 1. The van der Waals surface area contributed by atoms with Crippen LogP contribution in [0.15, 0.2) is 0 Å². The Bertz CT molecular complexity index is 393. The molecule has 2 aliphatic rings. The number of thiazole rings is 1. The summed E-state index contributed by atoms with van der Waals surface area (Å²) < 4.78 is 0. The van der Waals surface area contributed by atoms with Gasteiger partial charge in [-0.3, -0.25) is 0 Å². The molecule has 0 spiro atoms. The highest BCUT2D eigenvalue weighted by Gasteiger charge is 2.36. The minimum absolute atomic E-state index is 0.192. The Hall–Kier alpha value is -0.410. The molecule has 1 heterocycles. The van der Waals surface area contributed by atoms with Crippen molar-refractivity contribution < 1.29 is 0 Å². The van der Waals surface area contributed by atoms with Crippen LogP contribution >= 0.6 is 11.3 Å². The Balaban J connectivity index is 1.85. The third kappa shape index (κ3) is 2.23. The van der Waals surface area contributed by atoms with Crippen molar-refractivity contribution in [2.24, 2.45) is 11.7 Å². The number of aryl methyl sites for hydroxylation is 2. The van der Waals surface area contributed by atoms with Gasteiger partial charge >= 0.3 is 0 Å². The van der Waals surface area contributed by atoms with E-state index in [1.165, 1.54) is 73.4 Å². The molecule has 2 aliphatic carbocycles. The minimum atomic E-state index is -0.192. The highest BCUT2D eigenvalue weighted by Crippen LogP contribution is 2.40. The van der Waals surface area contributed by atoms with Crippen LogP contribution in [0.3, 0.4) is 0 Å². The van der Waals surface area contributed by atoms with E-state index in [4.69, 9.17) is 10.7 Å². The number of nitrogens with zero attached hydrogens (tertiary/aromatic N) is 1. The van der Waals surface area contributed by atoms with E-state index in [1.54, 1.807) is 0 Å². The second-order valence-electron chi connectivity index (χ2n) is 6.21. The summed E-state index contributed by atoms with van der Waals surface area (Å²) in [5.41, 5.74) is 7.84. The predicted octanol–water partition coefficient (Wildman–Crippen LogP) is 3.78. The fourth-order valence-corrected chi connectivity index (χ4v) is 4.75. The number of nitrogens with two attached hydrogens (primary N) is 1. The van der Waals surface area contributed by atoms with Crippen molar-refractivity contribution in [1.82, 2.24) is 4.98 Å². The standard InChI is InChI=1S/C15H24N2S/c1-15(16,11-7-3-2-4-8-11)14-17-12-9-5-6-10-13(12)18-14/h11H,2-10,16H2,1H3. The van der Waals surface area contributed by atoms with E-state index >= 15 is 0 Å². The van der Waals surface area contributed by atoms with E-state index in [9.17, 15) is 0 Å². The van der Waals surface area contributed by atoms with Crippen molar-refractivity contribution in [1.29, 1.82) is 0 Å². The number of rotatable bonds is 2. The first-order valence-corrected chi connectivity index (χ1v) is 8.27. The van der Waals surface area contributed by atoms with E-state index in [0.717, 1.165) is 0 Å². The molecule has 1 unspecified atom stereocenters. The zero-order valence-corrected chi connectivity index (χ0v) is 12.2. The summed E-state index contributed by atoms with van der Waals surface area (Å²) in [6.45, 7) is 2.22. The van der Waals surface area contributed by atoms with E-state index in [1.807, 2.05) is 11.3 Å². The second kappa shape index (κ2) is 4.93. The number of hydrogen-bond acceptors (Lipinski definition) is 3. The van der Waals surface area contributed by atoms with Gasteiger partial charge in [0.1, 0.15) is 5.01 Å². The summed E-state index contributed by atoms with van der Waals surface area (Å²) in [4.78, 5) is 6.41. The molecule has 0 aliphatic heterocycles. The monoisotopic (exact) mass is 264 g/mol. The molecule has 0 radical (unpaired) electrons. The van der Waals surface area contributed by atoms with Gasteiger partial charge in [0.2, 0.25) is 0 Å². The molecule has 18 heavy (non-hydrogen) atoms. The minimum Gasteiger partial charge on any atom is -0.319 e. The zero-order valence-electron chi connectivity index (χ0n) is 11.4. The number of fused-ring (bicyclic) bond motifs is 1. The van der Waals surface area contributed by atoms with Crippen LogP contribution < -0.4 is 5.73 Å². The molecule has 1 fully saturated rings. The van der Waals surface area contributed by atoms with Crippen molar-refractivity contribution in [2.45, 2.75) is 70.3 Å². The van der Waals surface area contributed by atoms with Crippen LogP contribution in [0.25, 0.3) is 0 Å². The van der Waals surface area contributed by atoms with Crippen molar-refractivity contribution >= 4 is 11.3 Å². The lowest BCUT2D eigenvalue weighted by Crippen LogP contribution is -2.42. The average molecular weight is 264 g/mol.